The van der Waals surface area contributed by atoms with E-state index in [0.29, 0.717) is 28.1 Å². The van der Waals surface area contributed by atoms with Gasteiger partial charge in [0.2, 0.25) is 5.91 Å². The number of likely N-dealkylation sites (tertiary alicyclic amines) is 1. The van der Waals surface area contributed by atoms with Crippen molar-refractivity contribution in [2.45, 2.75) is 25.8 Å². The molecule has 1 fully saturated rings. The second-order valence-corrected chi connectivity index (χ2v) is 6.17. The van der Waals surface area contributed by atoms with Gasteiger partial charge in [-0.25, -0.2) is 0 Å². The number of amides is 2. The predicted octanol–water partition coefficient (Wildman–Crippen LogP) is 2.84. The summed E-state index contributed by atoms with van der Waals surface area (Å²) in [6.45, 7) is 2.97. The lowest BCUT2D eigenvalue weighted by Crippen LogP contribution is -2.46. The number of halogens is 2. The fourth-order valence-corrected chi connectivity index (χ4v) is 3.14. The van der Waals surface area contributed by atoms with Gasteiger partial charge in [-0.15, -0.1) is 0 Å². The van der Waals surface area contributed by atoms with Crippen molar-refractivity contribution in [3.8, 4) is 0 Å². The lowest BCUT2D eigenvalue weighted by Gasteiger charge is -2.31. The van der Waals surface area contributed by atoms with E-state index >= 15 is 0 Å². The topological polar surface area (TPSA) is 49.4 Å². The first-order chi connectivity index (χ1) is 9.47. The van der Waals surface area contributed by atoms with E-state index in [0.717, 1.165) is 12.8 Å². The number of nitrogens with zero attached hydrogens (tertiary/aromatic N) is 1. The summed E-state index contributed by atoms with van der Waals surface area (Å²) in [6, 6.07) is 5.21. The van der Waals surface area contributed by atoms with Gasteiger partial charge in [0.05, 0.1) is 5.56 Å². The van der Waals surface area contributed by atoms with Gasteiger partial charge in [0.1, 0.15) is 0 Å². The first kappa shape index (κ1) is 15.3. The van der Waals surface area contributed by atoms with Crippen LogP contribution in [0.1, 0.15) is 30.1 Å². The smallest absolute Gasteiger partial charge is 0.252 e. The zero-order chi connectivity index (χ0) is 14.7. The molecule has 1 heterocycles. The molecule has 2 amide bonds. The Labute approximate surface area is 131 Å². The number of piperidine rings is 1. The molecule has 108 valence electrons. The van der Waals surface area contributed by atoms with Crippen LogP contribution >= 0.6 is 27.5 Å². The van der Waals surface area contributed by atoms with Crippen LogP contribution in [0, 0.1) is 0 Å². The van der Waals surface area contributed by atoms with E-state index in [4.69, 9.17) is 11.6 Å². The molecule has 1 aliphatic heterocycles. The highest BCUT2D eigenvalue weighted by molar-refractivity contribution is 9.10. The van der Waals surface area contributed by atoms with Gasteiger partial charge >= 0.3 is 0 Å². The predicted molar refractivity (Wildman–Crippen MR) is 81.9 cm³/mol. The number of hydrogen-bond acceptors (Lipinski definition) is 2. The minimum Gasteiger partial charge on any atom is -0.349 e. The van der Waals surface area contributed by atoms with Crippen molar-refractivity contribution in [2.24, 2.45) is 0 Å². The molecule has 4 nitrogen and oxygen atoms in total. The summed E-state index contributed by atoms with van der Waals surface area (Å²) in [6.07, 6.45) is 1.58. The van der Waals surface area contributed by atoms with E-state index in [1.807, 2.05) is 0 Å². The number of carbonyl (C=O) groups excluding carboxylic acids is 2. The maximum Gasteiger partial charge on any atom is 0.252 e. The standard InChI is InChI=1S/C14H16BrClN2O2/c1-9(19)18-6-4-11(5-7-18)17-14(20)12-3-2-10(16)8-13(12)15/h2-3,8,11H,4-7H2,1H3,(H,17,20). The number of benzene rings is 1. The van der Waals surface area contributed by atoms with Gasteiger partial charge in [-0.1, -0.05) is 11.6 Å². The van der Waals surface area contributed by atoms with Crippen molar-refractivity contribution in [1.29, 1.82) is 0 Å². The number of hydrogen-bond donors (Lipinski definition) is 1. The van der Waals surface area contributed by atoms with Gasteiger partial charge in [-0.2, -0.15) is 0 Å². The first-order valence-corrected chi connectivity index (χ1v) is 7.66. The number of carbonyl (C=O) groups is 2. The maximum absolute atomic E-state index is 12.2. The third kappa shape index (κ3) is 3.73. The second kappa shape index (κ2) is 6.59. The average Bonchev–Trinajstić information content (AvgIpc) is 2.39. The van der Waals surface area contributed by atoms with Gasteiger partial charge in [0.25, 0.3) is 5.91 Å². The SMILES string of the molecule is CC(=O)N1CCC(NC(=O)c2ccc(Cl)cc2Br)CC1. The quantitative estimate of drug-likeness (QED) is 0.883. The van der Waals surface area contributed by atoms with Gasteiger partial charge < -0.3 is 10.2 Å². The minimum atomic E-state index is -0.116. The van der Waals surface area contributed by atoms with Crippen molar-refractivity contribution >= 4 is 39.3 Å². The lowest BCUT2D eigenvalue weighted by molar-refractivity contribution is -0.129. The molecule has 1 N–H and O–H groups in total. The zero-order valence-electron chi connectivity index (χ0n) is 11.2. The summed E-state index contributed by atoms with van der Waals surface area (Å²) < 4.78 is 0.684. The molecule has 0 unspecified atom stereocenters. The molecule has 6 heteroatoms. The number of nitrogens with one attached hydrogen (secondary N) is 1. The Hall–Kier alpha value is -1.07. The van der Waals surface area contributed by atoms with E-state index in [1.165, 1.54) is 0 Å². The molecular weight excluding hydrogens is 344 g/mol. The molecule has 0 bridgehead atoms. The molecule has 0 spiro atoms. The molecule has 0 saturated carbocycles. The van der Waals surface area contributed by atoms with Gasteiger partial charge in [-0.05, 0) is 47.0 Å². The Kier molecular flexibility index (Phi) is 5.05. The minimum absolute atomic E-state index is 0.0928. The monoisotopic (exact) mass is 358 g/mol. The van der Waals surface area contributed by atoms with Crippen LogP contribution in [-0.4, -0.2) is 35.8 Å². The summed E-state index contributed by atoms with van der Waals surface area (Å²) in [5.74, 6) is -0.0231. The van der Waals surface area contributed by atoms with Crippen molar-refractivity contribution in [3.63, 3.8) is 0 Å². The van der Waals surface area contributed by atoms with Crippen LogP contribution in [0.2, 0.25) is 5.02 Å². The lowest BCUT2D eigenvalue weighted by atomic mass is 10.0. The van der Waals surface area contributed by atoms with Gasteiger partial charge in [0.15, 0.2) is 0 Å². The molecule has 1 aromatic rings. The fourth-order valence-electron chi connectivity index (χ4n) is 2.28. The highest BCUT2D eigenvalue weighted by Gasteiger charge is 2.22. The summed E-state index contributed by atoms with van der Waals surface area (Å²) >= 11 is 9.20. The molecular formula is C14H16BrClN2O2. The Morgan fingerprint density at radius 1 is 1.35 bits per heavy atom. The van der Waals surface area contributed by atoms with Crippen LogP contribution in [0.15, 0.2) is 22.7 Å². The van der Waals surface area contributed by atoms with Crippen LogP contribution in [-0.2, 0) is 4.79 Å². The Morgan fingerprint density at radius 3 is 2.55 bits per heavy atom. The second-order valence-electron chi connectivity index (χ2n) is 4.88. The third-order valence-corrected chi connectivity index (χ3v) is 4.34. The van der Waals surface area contributed by atoms with Gasteiger partial charge in [0, 0.05) is 35.6 Å². The summed E-state index contributed by atoms with van der Waals surface area (Å²) in [5, 5.41) is 3.59. The zero-order valence-corrected chi connectivity index (χ0v) is 13.5. The first-order valence-electron chi connectivity index (χ1n) is 6.49. The number of rotatable bonds is 2. The summed E-state index contributed by atoms with van der Waals surface area (Å²) in [7, 11) is 0. The third-order valence-electron chi connectivity index (χ3n) is 3.45. The molecule has 2 rings (SSSR count). The van der Waals surface area contributed by atoms with Gasteiger partial charge in [-0.3, -0.25) is 9.59 Å². The molecule has 0 atom stereocenters. The fraction of sp³-hybridized carbons (Fsp3) is 0.429. The summed E-state index contributed by atoms with van der Waals surface area (Å²) in [4.78, 5) is 25.2. The maximum atomic E-state index is 12.2. The molecule has 1 aromatic carbocycles. The Morgan fingerprint density at radius 2 is 2.00 bits per heavy atom. The molecule has 20 heavy (non-hydrogen) atoms. The Bertz CT molecular complexity index is 528. The van der Waals surface area contributed by atoms with Crippen molar-refractivity contribution in [2.75, 3.05) is 13.1 Å². The molecule has 0 aliphatic carbocycles. The van der Waals surface area contributed by atoms with Crippen molar-refractivity contribution < 1.29 is 9.59 Å². The van der Waals surface area contributed by atoms with Crippen LogP contribution in [0.3, 0.4) is 0 Å². The highest BCUT2D eigenvalue weighted by Crippen LogP contribution is 2.22. The van der Waals surface area contributed by atoms with E-state index in [-0.39, 0.29) is 17.9 Å². The normalized spacial score (nSPS) is 16.1. The van der Waals surface area contributed by atoms with Crippen molar-refractivity contribution in [3.05, 3.63) is 33.3 Å². The molecule has 0 radical (unpaired) electrons. The van der Waals surface area contributed by atoms with E-state index in [1.54, 1.807) is 30.0 Å². The van der Waals surface area contributed by atoms with Crippen LogP contribution in [0.25, 0.3) is 0 Å². The van der Waals surface area contributed by atoms with Crippen LogP contribution in [0.4, 0.5) is 0 Å². The Balaban J connectivity index is 1.94. The average molecular weight is 360 g/mol. The highest BCUT2D eigenvalue weighted by atomic mass is 79.9. The largest absolute Gasteiger partial charge is 0.349 e. The molecule has 1 aliphatic rings. The van der Waals surface area contributed by atoms with E-state index in [2.05, 4.69) is 21.2 Å². The van der Waals surface area contributed by atoms with E-state index < -0.39 is 0 Å². The van der Waals surface area contributed by atoms with Crippen LogP contribution < -0.4 is 5.32 Å². The molecule has 1 saturated heterocycles. The van der Waals surface area contributed by atoms with E-state index in [9.17, 15) is 9.59 Å². The van der Waals surface area contributed by atoms with Crippen LogP contribution in [0.5, 0.6) is 0 Å². The summed E-state index contributed by atoms with van der Waals surface area (Å²) in [5.41, 5.74) is 0.573. The molecule has 0 aromatic heterocycles. The van der Waals surface area contributed by atoms with Crippen molar-refractivity contribution in [1.82, 2.24) is 10.2 Å².